The van der Waals surface area contributed by atoms with Crippen LogP contribution in [0.3, 0.4) is 0 Å². The molecule has 0 saturated heterocycles. The number of hydrogen-bond donors (Lipinski definition) is 0. The van der Waals surface area contributed by atoms with E-state index in [4.69, 9.17) is 9.47 Å². The molecule has 7 rings (SSSR count). The average molecular weight is 879 g/mol. The summed E-state index contributed by atoms with van der Waals surface area (Å²) in [4.78, 5) is 23.8. The monoisotopic (exact) mass is 878 g/mol. The lowest BCUT2D eigenvalue weighted by Crippen LogP contribution is -2.25. The summed E-state index contributed by atoms with van der Waals surface area (Å²) in [5.41, 5.74) is 2.93. The average Bonchev–Trinajstić information content (AvgIpc) is 3.29. The van der Waals surface area contributed by atoms with E-state index in [1.165, 1.54) is 62.8 Å². The summed E-state index contributed by atoms with van der Waals surface area (Å²) in [5.74, 6) is -3.91. The van der Waals surface area contributed by atoms with Crippen molar-refractivity contribution in [3.05, 3.63) is 129 Å². The quantitative estimate of drug-likeness (QED) is 0.0955. The van der Waals surface area contributed by atoms with Crippen molar-refractivity contribution in [3.63, 3.8) is 0 Å². The van der Waals surface area contributed by atoms with Gasteiger partial charge in [0.2, 0.25) is 11.6 Å². The Kier molecular flexibility index (Phi) is 18.3. The second kappa shape index (κ2) is 23.4. The lowest BCUT2D eigenvalue weighted by atomic mass is 9.68. The number of benzene rings is 4. The highest BCUT2D eigenvalue weighted by Gasteiger charge is 2.32. The van der Waals surface area contributed by atoms with Gasteiger partial charge in [0, 0.05) is 0 Å². The molecule has 0 atom stereocenters. The highest BCUT2D eigenvalue weighted by molar-refractivity contribution is 5.91. The molecule has 3 aliphatic carbocycles. The van der Waals surface area contributed by atoms with Crippen molar-refractivity contribution in [2.24, 2.45) is 29.6 Å². The van der Waals surface area contributed by atoms with Crippen LogP contribution in [0.5, 0.6) is 11.5 Å². The molecular formula is C53H64F6O4. The number of hydrogen-bond acceptors (Lipinski definition) is 4. The van der Waals surface area contributed by atoms with Crippen molar-refractivity contribution in [1.29, 1.82) is 0 Å². The molecule has 4 aromatic carbocycles. The van der Waals surface area contributed by atoms with E-state index in [1.807, 2.05) is 19.9 Å². The summed E-state index contributed by atoms with van der Waals surface area (Å²) in [7, 11) is 0. The zero-order valence-corrected chi connectivity index (χ0v) is 37.7. The number of halogens is 6. The zero-order valence-electron chi connectivity index (χ0n) is 37.7. The Hall–Kier alpha value is -4.60. The number of esters is 2. The third-order valence-electron chi connectivity index (χ3n) is 13.6. The molecule has 0 heterocycles. The van der Waals surface area contributed by atoms with Crippen LogP contribution in [0.2, 0.25) is 0 Å². The van der Waals surface area contributed by atoms with Crippen LogP contribution in [-0.2, 0) is 24.1 Å². The predicted octanol–water partition coefficient (Wildman–Crippen LogP) is 14.9. The topological polar surface area (TPSA) is 52.6 Å². The molecule has 63 heavy (non-hydrogen) atoms. The molecule has 0 spiro atoms. The van der Waals surface area contributed by atoms with E-state index >= 15 is 0 Å². The van der Waals surface area contributed by atoms with Gasteiger partial charge in [0.05, 0.1) is 11.5 Å². The number of carbonyl (C=O) groups is 2. The second-order valence-electron chi connectivity index (χ2n) is 18.0. The van der Waals surface area contributed by atoms with Gasteiger partial charge in [0.25, 0.3) is 0 Å². The van der Waals surface area contributed by atoms with E-state index in [0.717, 1.165) is 61.8 Å². The first-order valence-corrected chi connectivity index (χ1v) is 23.1. The Bertz CT molecular complexity index is 2130. The highest BCUT2D eigenvalue weighted by Crippen LogP contribution is 2.44. The SMILES string of the molecule is CCc1ccc(C2CCC(C3CCC(C)CC3)CC2)c(F)c1F.CCc1ccc(OC(=O)C2CCC(C)CC2)c(F)c1F.CCc1ccc(OC(=O)c2ccc(C)cc2)c(F)c1F. The van der Waals surface area contributed by atoms with Crippen LogP contribution in [0.1, 0.15) is 156 Å². The summed E-state index contributed by atoms with van der Waals surface area (Å²) >= 11 is 0. The van der Waals surface area contributed by atoms with E-state index in [0.29, 0.717) is 36.3 Å². The van der Waals surface area contributed by atoms with Crippen LogP contribution < -0.4 is 9.47 Å². The van der Waals surface area contributed by atoms with Gasteiger partial charge in [-0.3, -0.25) is 4.79 Å². The third kappa shape index (κ3) is 13.0. The summed E-state index contributed by atoms with van der Waals surface area (Å²) < 4.78 is 93.1. The van der Waals surface area contributed by atoms with Crippen molar-refractivity contribution < 1.29 is 45.4 Å². The molecule has 0 N–H and O–H groups in total. The minimum absolute atomic E-state index is 0.195. The van der Waals surface area contributed by atoms with Gasteiger partial charge in [-0.05, 0) is 167 Å². The summed E-state index contributed by atoms with van der Waals surface area (Å²) in [6, 6.07) is 15.7. The fraction of sp³-hybridized carbons (Fsp3) is 0.509. The Morgan fingerprint density at radius 2 is 0.905 bits per heavy atom. The molecule has 4 nitrogen and oxygen atoms in total. The van der Waals surface area contributed by atoms with Gasteiger partial charge >= 0.3 is 11.9 Å². The second-order valence-corrected chi connectivity index (χ2v) is 18.0. The van der Waals surface area contributed by atoms with Gasteiger partial charge in [0.15, 0.2) is 34.8 Å². The number of carbonyl (C=O) groups excluding carboxylic acids is 2. The predicted molar refractivity (Wildman–Crippen MR) is 236 cm³/mol. The Morgan fingerprint density at radius 3 is 1.38 bits per heavy atom. The maximum Gasteiger partial charge on any atom is 0.343 e. The molecule has 10 heteroatoms. The largest absolute Gasteiger partial charge is 0.423 e. The molecule has 0 unspecified atom stereocenters. The van der Waals surface area contributed by atoms with Crippen LogP contribution in [0.25, 0.3) is 0 Å². The number of ether oxygens (including phenoxy) is 2. The van der Waals surface area contributed by atoms with Crippen molar-refractivity contribution in [1.82, 2.24) is 0 Å². The van der Waals surface area contributed by atoms with Crippen LogP contribution in [0, 0.1) is 71.4 Å². The molecular weight excluding hydrogens is 815 g/mol. The lowest BCUT2D eigenvalue weighted by molar-refractivity contribution is -0.140. The van der Waals surface area contributed by atoms with Gasteiger partial charge in [0.1, 0.15) is 0 Å². The maximum absolute atomic E-state index is 14.4. The highest BCUT2D eigenvalue weighted by atomic mass is 19.2. The summed E-state index contributed by atoms with van der Waals surface area (Å²) in [6.45, 7) is 11.7. The van der Waals surface area contributed by atoms with E-state index in [2.05, 4.69) is 13.8 Å². The van der Waals surface area contributed by atoms with Gasteiger partial charge < -0.3 is 9.47 Å². The van der Waals surface area contributed by atoms with Crippen LogP contribution in [0.15, 0.2) is 60.7 Å². The summed E-state index contributed by atoms with van der Waals surface area (Å²) in [6.07, 6.45) is 14.8. The zero-order chi connectivity index (χ0) is 45.8. The fourth-order valence-electron chi connectivity index (χ4n) is 9.23. The molecule has 3 aliphatic rings. The van der Waals surface area contributed by atoms with Crippen molar-refractivity contribution >= 4 is 11.9 Å². The molecule has 0 aromatic heterocycles. The van der Waals surface area contributed by atoms with Gasteiger partial charge in [-0.1, -0.05) is 89.4 Å². The molecule has 4 aromatic rings. The lowest BCUT2D eigenvalue weighted by Gasteiger charge is -2.37. The van der Waals surface area contributed by atoms with Gasteiger partial charge in [-0.15, -0.1) is 0 Å². The van der Waals surface area contributed by atoms with Crippen LogP contribution in [0.4, 0.5) is 26.3 Å². The molecule has 3 saturated carbocycles. The van der Waals surface area contributed by atoms with Gasteiger partial charge in [-0.25, -0.2) is 22.4 Å². The molecule has 0 radical (unpaired) electrons. The van der Waals surface area contributed by atoms with E-state index in [1.54, 1.807) is 44.2 Å². The normalized spacial score (nSPS) is 22.2. The van der Waals surface area contributed by atoms with Gasteiger partial charge in [-0.2, -0.15) is 8.78 Å². The first-order chi connectivity index (χ1) is 30.1. The molecule has 0 amide bonds. The maximum atomic E-state index is 14.4. The molecule has 342 valence electrons. The minimum Gasteiger partial charge on any atom is -0.423 e. The van der Waals surface area contributed by atoms with Crippen molar-refractivity contribution in [3.8, 4) is 11.5 Å². The Balaban J connectivity index is 0.000000179. The van der Waals surface area contributed by atoms with Crippen LogP contribution >= 0.6 is 0 Å². The number of rotatable bonds is 9. The third-order valence-corrected chi connectivity index (χ3v) is 13.6. The van der Waals surface area contributed by atoms with Crippen molar-refractivity contribution in [2.45, 2.75) is 144 Å². The Morgan fingerprint density at radius 1 is 0.492 bits per heavy atom. The molecule has 0 aliphatic heterocycles. The minimum atomic E-state index is -1.13. The van der Waals surface area contributed by atoms with Crippen molar-refractivity contribution in [2.75, 3.05) is 0 Å². The molecule has 3 fully saturated rings. The first kappa shape index (κ1) is 49.4. The van der Waals surface area contributed by atoms with E-state index < -0.39 is 52.6 Å². The summed E-state index contributed by atoms with van der Waals surface area (Å²) in [5, 5.41) is 0. The standard InChI is InChI=1S/C21H30F2.C16H20F2O2.C16H14F2O2/c1-3-15-12-13-19(21(23)20(15)22)18-10-8-17(9-11-18)16-6-4-14(2)5-7-16;2*1-3-11-8-9-13(15(18)14(11)17)20-16(19)12-6-4-10(2)5-7-12/h12-14,16-18H,3-11H2,1-2H3;8-10,12H,3-7H2,1-2H3;4-9H,3H2,1-2H3. The number of aryl methyl sites for hydroxylation is 4. The fourth-order valence-corrected chi connectivity index (χ4v) is 9.23. The molecule has 0 bridgehead atoms. The first-order valence-electron chi connectivity index (χ1n) is 23.1. The smallest absolute Gasteiger partial charge is 0.343 e. The van der Waals surface area contributed by atoms with E-state index in [-0.39, 0.29) is 34.3 Å². The van der Waals surface area contributed by atoms with Crippen LogP contribution in [-0.4, -0.2) is 11.9 Å². The van der Waals surface area contributed by atoms with E-state index in [9.17, 15) is 35.9 Å². The Labute approximate surface area is 370 Å².